The molecule has 4 heteroatoms. The van der Waals surface area contributed by atoms with Crippen LogP contribution >= 0.6 is 8.20 Å². The molecule has 1 aromatic heterocycles. The molecule has 2 nitrogen and oxygen atoms in total. The Bertz CT molecular complexity index is 3220. The summed E-state index contributed by atoms with van der Waals surface area (Å²) in [7, 11) is 0.988. The summed E-state index contributed by atoms with van der Waals surface area (Å²) in [5, 5.41) is 11.4. The van der Waals surface area contributed by atoms with Gasteiger partial charge >= 0.3 is 6.85 Å². The quantitative estimate of drug-likeness (QED) is 0.102. The lowest BCUT2D eigenvalue weighted by Gasteiger charge is -2.41. The maximum atomic E-state index is 4.35. The second-order valence-electron chi connectivity index (χ2n) is 14.5. The second kappa shape index (κ2) is 10.8. The van der Waals surface area contributed by atoms with E-state index in [0.717, 1.165) is 13.9 Å². The molecule has 0 saturated carbocycles. The zero-order chi connectivity index (χ0) is 34.8. The van der Waals surface area contributed by atoms with Gasteiger partial charge in [-0.25, -0.2) is 0 Å². The summed E-state index contributed by atoms with van der Waals surface area (Å²) < 4.78 is 2.66. The van der Waals surface area contributed by atoms with Crippen molar-refractivity contribution < 1.29 is 0 Å². The van der Waals surface area contributed by atoms with Crippen LogP contribution in [0.5, 0.6) is 0 Å². The molecule has 0 atom stereocenters. The van der Waals surface area contributed by atoms with E-state index in [4.69, 9.17) is 0 Å². The summed E-state index contributed by atoms with van der Waals surface area (Å²) in [6, 6.07) is 63.5. The molecular formula is C49H30BN2P. The van der Waals surface area contributed by atoms with Crippen LogP contribution in [0.2, 0.25) is 0 Å². The molecule has 0 unspecified atom stereocenters. The normalized spacial score (nSPS) is 13.1. The first-order valence-electron chi connectivity index (χ1n) is 18.2. The minimum Gasteiger partial charge on any atom is -0.375 e. The van der Waals surface area contributed by atoms with E-state index in [1.165, 1.54) is 104 Å². The molecule has 0 saturated heterocycles. The van der Waals surface area contributed by atoms with Gasteiger partial charge in [-0.05, 0) is 108 Å². The molecule has 2 aliphatic heterocycles. The van der Waals surface area contributed by atoms with Gasteiger partial charge in [-0.2, -0.15) is 0 Å². The smallest absolute Gasteiger partial charge is 0.333 e. The molecule has 0 N–H and O–H groups in total. The summed E-state index contributed by atoms with van der Waals surface area (Å²) in [5.41, 5.74) is 13.9. The van der Waals surface area contributed by atoms with Gasteiger partial charge < -0.3 is 9.38 Å². The van der Waals surface area contributed by atoms with Crippen molar-refractivity contribution >= 4 is 109 Å². The van der Waals surface area contributed by atoms with E-state index in [0.29, 0.717) is 0 Å². The third-order valence-corrected chi connectivity index (χ3v) is 12.3. The van der Waals surface area contributed by atoms with E-state index >= 15 is 0 Å². The third-order valence-electron chi connectivity index (χ3n) is 11.7. The SMILES string of the molecule is C=Pc1cc(-c2ccccc2)cc(N2c3cc4cc5ccccc5cc4cc3B3c4c2cc2ccccc2c4-c2cccc4c5ccccc5n3c24)c1. The number of para-hydroxylation sites is 2. The zero-order valence-electron chi connectivity index (χ0n) is 28.8. The topological polar surface area (TPSA) is 8.17 Å². The van der Waals surface area contributed by atoms with Gasteiger partial charge in [0.25, 0.3) is 0 Å². The van der Waals surface area contributed by atoms with Crippen LogP contribution < -0.4 is 21.1 Å². The van der Waals surface area contributed by atoms with Crippen molar-refractivity contribution in [2.24, 2.45) is 0 Å². The Hall–Kier alpha value is -6.41. The highest BCUT2D eigenvalue weighted by molar-refractivity contribution is 7.45. The molecule has 0 aliphatic carbocycles. The van der Waals surface area contributed by atoms with Crippen molar-refractivity contribution in [1.82, 2.24) is 4.48 Å². The maximum Gasteiger partial charge on any atom is 0.333 e. The van der Waals surface area contributed by atoms with Gasteiger partial charge in [-0.1, -0.05) is 136 Å². The average Bonchev–Trinajstić information content (AvgIpc) is 3.55. The van der Waals surface area contributed by atoms with Crippen molar-refractivity contribution in [2.45, 2.75) is 0 Å². The highest BCUT2D eigenvalue weighted by Gasteiger charge is 2.43. The molecule has 0 fully saturated rings. The van der Waals surface area contributed by atoms with Crippen LogP contribution in [0.1, 0.15) is 0 Å². The first-order valence-corrected chi connectivity index (χ1v) is 19.3. The van der Waals surface area contributed by atoms with E-state index in [1.807, 2.05) is 0 Å². The van der Waals surface area contributed by atoms with Gasteiger partial charge in [0.1, 0.15) is 0 Å². The fourth-order valence-electron chi connectivity index (χ4n) is 9.48. The minimum atomic E-state index is -0.0215. The van der Waals surface area contributed by atoms with Gasteiger partial charge in [0, 0.05) is 49.7 Å². The third kappa shape index (κ3) is 4.03. The Kier molecular flexibility index (Phi) is 5.95. The Morgan fingerprint density at radius 2 is 1.17 bits per heavy atom. The largest absolute Gasteiger partial charge is 0.375 e. The monoisotopic (exact) mass is 688 g/mol. The summed E-state index contributed by atoms with van der Waals surface area (Å²) in [4.78, 5) is 2.56. The first kappa shape index (κ1) is 29.2. The van der Waals surface area contributed by atoms with Crippen LogP contribution in [0, 0.1) is 0 Å². The Morgan fingerprint density at radius 1 is 0.491 bits per heavy atom. The minimum absolute atomic E-state index is 0.0215. The average molecular weight is 689 g/mol. The molecule has 0 amide bonds. The lowest BCUT2D eigenvalue weighted by Crippen LogP contribution is -2.56. The fourth-order valence-corrected chi connectivity index (χ4v) is 9.93. The second-order valence-corrected chi connectivity index (χ2v) is 15.3. The Labute approximate surface area is 309 Å². The van der Waals surface area contributed by atoms with Crippen LogP contribution in [-0.4, -0.2) is 17.6 Å². The highest BCUT2D eigenvalue weighted by Crippen LogP contribution is 2.48. The molecular weight excluding hydrogens is 658 g/mol. The van der Waals surface area contributed by atoms with Crippen LogP contribution in [-0.2, 0) is 0 Å². The number of anilines is 3. The van der Waals surface area contributed by atoms with Crippen LogP contribution in [0.15, 0.2) is 170 Å². The molecule has 10 aromatic rings. The maximum absolute atomic E-state index is 4.35. The molecule has 53 heavy (non-hydrogen) atoms. The highest BCUT2D eigenvalue weighted by atomic mass is 31.1. The van der Waals surface area contributed by atoms with Crippen molar-refractivity contribution in [2.75, 3.05) is 4.90 Å². The summed E-state index contributed by atoms with van der Waals surface area (Å²) >= 11 is 0. The molecule has 244 valence electrons. The van der Waals surface area contributed by atoms with E-state index in [2.05, 4.69) is 186 Å². The summed E-state index contributed by atoms with van der Waals surface area (Å²) in [6.07, 6.45) is 4.35. The van der Waals surface area contributed by atoms with Gasteiger partial charge in [-0.15, -0.1) is 0 Å². The summed E-state index contributed by atoms with van der Waals surface area (Å²) in [6.45, 7) is -0.0215. The van der Waals surface area contributed by atoms with Gasteiger partial charge in [0.2, 0.25) is 0 Å². The predicted molar refractivity (Wildman–Crippen MR) is 232 cm³/mol. The van der Waals surface area contributed by atoms with Crippen molar-refractivity contribution in [1.29, 1.82) is 0 Å². The number of hydrogen-bond acceptors (Lipinski definition) is 1. The molecule has 0 bridgehead atoms. The lowest BCUT2D eigenvalue weighted by atomic mass is 9.44. The Morgan fingerprint density at radius 3 is 1.98 bits per heavy atom. The standard InChI is InChI=1S/C49H30BN2P/c1-53-38-25-36(30-12-3-2-4-13-30)24-37(29-38)51-45-28-35-23-32-15-6-5-14-31(32)22-34(35)26-43(45)50-48-46(51)27-33-16-7-8-17-39(33)47(48)42-20-11-19-41-40-18-9-10-21-44(40)52(50)49(41)42/h2-29H,1H2. The van der Waals surface area contributed by atoms with E-state index in [-0.39, 0.29) is 6.85 Å². The first-order chi connectivity index (χ1) is 26.2. The van der Waals surface area contributed by atoms with Crippen LogP contribution in [0.3, 0.4) is 0 Å². The number of aromatic nitrogens is 1. The molecule has 3 heterocycles. The molecule has 0 radical (unpaired) electrons. The molecule has 12 rings (SSSR count). The number of nitrogens with zero attached hydrogens (tertiary/aromatic N) is 2. The van der Waals surface area contributed by atoms with Crippen molar-refractivity contribution in [3.8, 4) is 22.3 Å². The fraction of sp³-hybridized carbons (Fsp3) is 0. The van der Waals surface area contributed by atoms with Gasteiger partial charge in [0.15, 0.2) is 0 Å². The van der Waals surface area contributed by atoms with Gasteiger partial charge in [-0.3, -0.25) is 0 Å². The van der Waals surface area contributed by atoms with E-state index in [1.54, 1.807) is 0 Å². The van der Waals surface area contributed by atoms with Crippen LogP contribution in [0.4, 0.5) is 17.1 Å². The van der Waals surface area contributed by atoms with Crippen molar-refractivity contribution in [3.63, 3.8) is 0 Å². The number of hydrogen-bond donors (Lipinski definition) is 0. The molecule has 2 aliphatic rings. The van der Waals surface area contributed by atoms with Crippen LogP contribution in [0.25, 0.3) is 76.4 Å². The predicted octanol–water partition coefficient (Wildman–Crippen LogP) is 11.3. The number of fused-ring (bicyclic) bond motifs is 11. The summed E-state index contributed by atoms with van der Waals surface area (Å²) in [5.74, 6) is 0. The van der Waals surface area contributed by atoms with Crippen molar-refractivity contribution in [3.05, 3.63) is 170 Å². The Balaban J connectivity index is 1.28. The molecule has 9 aromatic carbocycles. The van der Waals surface area contributed by atoms with E-state index in [9.17, 15) is 0 Å². The number of rotatable bonds is 3. The zero-order valence-corrected chi connectivity index (χ0v) is 29.7. The molecule has 0 spiro atoms. The van der Waals surface area contributed by atoms with Gasteiger partial charge in [0.05, 0.1) is 0 Å². The van der Waals surface area contributed by atoms with E-state index < -0.39 is 0 Å². The number of benzene rings is 9. The lowest BCUT2D eigenvalue weighted by molar-refractivity contribution is 1.27.